The van der Waals surface area contributed by atoms with Crippen molar-refractivity contribution in [3.05, 3.63) is 51.9 Å². The van der Waals surface area contributed by atoms with Gasteiger partial charge in [-0.25, -0.2) is 4.79 Å². The number of hydrogen-bond donors (Lipinski definition) is 2. The van der Waals surface area contributed by atoms with Crippen LogP contribution in [0, 0.1) is 11.3 Å². The van der Waals surface area contributed by atoms with Crippen LogP contribution in [0.4, 0.5) is 9.80 Å². The predicted molar refractivity (Wildman–Crippen MR) is 117 cm³/mol. The van der Waals surface area contributed by atoms with Crippen molar-refractivity contribution in [2.75, 3.05) is 31.7 Å². The third-order valence-electron chi connectivity index (χ3n) is 4.58. The molecule has 2 heterocycles. The summed E-state index contributed by atoms with van der Waals surface area (Å²) in [5.74, 6) is 0.236. The molecule has 1 aromatic heterocycles. The summed E-state index contributed by atoms with van der Waals surface area (Å²) in [6.45, 7) is 3.01. The van der Waals surface area contributed by atoms with Crippen molar-refractivity contribution in [2.45, 2.75) is 19.9 Å². The molecule has 2 amide bonds. The van der Waals surface area contributed by atoms with Gasteiger partial charge >= 0.3 is 6.09 Å². The van der Waals surface area contributed by atoms with E-state index in [0.29, 0.717) is 42.4 Å². The molecule has 8 nitrogen and oxygen atoms in total. The van der Waals surface area contributed by atoms with E-state index in [1.807, 2.05) is 6.07 Å². The van der Waals surface area contributed by atoms with Crippen LogP contribution in [0.1, 0.15) is 28.5 Å². The van der Waals surface area contributed by atoms with Crippen molar-refractivity contribution in [1.82, 2.24) is 4.90 Å². The van der Waals surface area contributed by atoms with Crippen LogP contribution in [0.3, 0.4) is 0 Å². The molecule has 1 aliphatic rings. The molecule has 0 saturated carbocycles. The van der Waals surface area contributed by atoms with Gasteiger partial charge in [0.05, 0.1) is 25.3 Å². The van der Waals surface area contributed by atoms with Crippen molar-refractivity contribution >= 4 is 34.4 Å². The number of fused-ring (bicyclic) bond motifs is 1. The van der Waals surface area contributed by atoms with E-state index in [1.54, 1.807) is 36.1 Å². The molecule has 1 aliphatic heterocycles. The quantitative estimate of drug-likeness (QED) is 0.639. The highest BCUT2D eigenvalue weighted by Crippen LogP contribution is 2.36. The first-order chi connectivity index (χ1) is 15.0. The molecule has 0 unspecified atom stereocenters. The van der Waals surface area contributed by atoms with Crippen molar-refractivity contribution < 1.29 is 24.2 Å². The Hall–Kier alpha value is -3.35. The first-order valence-corrected chi connectivity index (χ1v) is 10.7. The van der Waals surface area contributed by atoms with Crippen LogP contribution in [0.2, 0.25) is 0 Å². The van der Waals surface area contributed by atoms with Gasteiger partial charge in [0.2, 0.25) is 5.91 Å². The van der Waals surface area contributed by atoms with Crippen molar-refractivity contribution in [3.8, 4) is 11.8 Å². The van der Waals surface area contributed by atoms with Crippen LogP contribution in [-0.4, -0.2) is 48.4 Å². The molecule has 9 heteroatoms. The summed E-state index contributed by atoms with van der Waals surface area (Å²) >= 11 is 1.31. The Balaban J connectivity index is 1.69. The first-order valence-electron chi connectivity index (χ1n) is 9.84. The molecule has 3 rings (SSSR count). The second-order valence-corrected chi connectivity index (χ2v) is 7.76. The maximum Gasteiger partial charge on any atom is 0.410 e. The van der Waals surface area contributed by atoms with E-state index in [4.69, 9.17) is 14.6 Å². The molecular weight excluding hydrogens is 418 g/mol. The van der Waals surface area contributed by atoms with E-state index >= 15 is 0 Å². The number of hydrogen-bond acceptors (Lipinski definition) is 7. The minimum Gasteiger partial charge on any atom is -0.491 e. The lowest BCUT2D eigenvalue weighted by Crippen LogP contribution is -2.35. The lowest BCUT2D eigenvalue weighted by Gasteiger charge is -2.25. The maximum absolute atomic E-state index is 12.4. The largest absolute Gasteiger partial charge is 0.491 e. The minimum atomic E-state index is -0.376. The summed E-state index contributed by atoms with van der Waals surface area (Å²) in [4.78, 5) is 26.9. The number of nitrogens with zero attached hydrogens (tertiary/aromatic N) is 2. The van der Waals surface area contributed by atoms with Gasteiger partial charge in [-0.2, -0.15) is 5.26 Å². The zero-order chi connectivity index (χ0) is 22.2. The number of thiophene rings is 1. The molecular formula is C22H23N3O5S. The molecule has 1 aromatic carbocycles. The Bertz CT molecular complexity index is 1020. The molecule has 2 aromatic rings. The van der Waals surface area contributed by atoms with Gasteiger partial charge in [-0.15, -0.1) is 11.3 Å². The van der Waals surface area contributed by atoms with Gasteiger partial charge in [0.1, 0.15) is 23.4 Å². The van der Waals surface area contributed by atoms with Gasteiger partial charge in [-0.3, -0.25) is 4.79 Å². The van der Waals surface area contributed by atoms with Gasteiger partial charge in [0.15, 0.2) is 0 Å². The van der Waals surface area contributed by atoms with Crippen LogP contribution >= 0.6 is 11.3 Å². The van der Waals surface area contributed by atoms with Crippen LogP contribution in [0.5, 0.6) is 5.75 Å². The average Bonchev–Trinajstić information content (AvgIpc) is 3.12. The number of aliphatic hydroxyl groups is 1. The topological polar surface area (TPSA) is 112 Å². The number of carbonyl (C=O) groups excluding carboxylic acids is 2. The van der Waals surface area contributed by atoms with Crippen LogP contribution in [0.25, 0.3) is 6.08 Å². The number of ether oxygens (including phenoxy) is 2. The molecule has 0 atom stereocenters. The standard InChI is InChI=1S/C22H23N3O5S/c1-2-29-22(28)25-9-8-17-18(13-23)21(31-19(17)14-25)24-20(27)7-6-15-4-3-5-16(12-15)30-11-10-26/h3-7,12,26H,2,8-11,14H2,1H3,(H,24,27). The minimum absolute atomic E-state index is 0.0773. The number of anilines is 1. The van der Waals surface area contributed by atoms with E-state index in [2.05, 4.69) is 11.4 Å². The Labute approximate surface area is 184 Å². The van der Waals surface area contributed by atoms with Crippen molar-refractivity contribution in [2.24, 2.45) is 0 Å². The molecule has 0 spiro atoms. The summed E-state index contributed by atoms with van der Waals surface area (Å²) in [5.41, 5.74) is 2.09. The average molecular weight is 442 g/mol. The van der Waals surface area contributed by atoms with E-state index in [0.717, 1.165) is 16.0 Å². The van der Waals surface area contributed by atoms with Gasteiger partial charge < -0.3 is 24.8 Å². The maximum atomic E-state index is 12.4. The SMILES string of the molecule is CCOC(=O)N1CCc2c(sc(NC(=O)C=Cc3cccc(OCCO)c3)c2C#N)C1. The highest BCUT2D eigenvalue weighted by Gasteiger charge is 2.27. The van der Waals surface area contributed by atoms with E-state index < -0.39 is 0 Å². The van der Waals surface area contributed by atoms with Crippen molar-refractivity contribution in [3.63, 3.8) is 0 Å². The summed E-state index contributed by atoms with van der Waals surface area (Å²) in [6, 6.07) is 9.32. The van der Waals surface area contributed by atoms with E-state index in [1.165, 1.54) is 17.4 Å². The highest BCUT2D eigenvalue weighted by molar-refractivity contribution is 7.16. The molecule has 0 radical (unpaired) electrons. The summed E-state index contributed by atoms with van der Waals surface area (Å²) < 4.78 is 10.4. The van der Waals surface area contributed by atoms with Gasteiger partial charge in [-0.05, 0) is 42.7 Å². The lowest BCUT2D eigenvalue weighted by molar-refractivity contribution is -0.111. The van der Waals surface area contributed by atoms with E-state index in [9.17, 15) is 14.9 Å². The van der Waals surface area contributed by atoms with Gasteiger partial charge in [0, 0.05) is 17.5 Å². The number of nitrogens with one attached hydrogen (secondary N) is 1. The van der Waals surface area contributed by atoms with Gasteiger partial charge in [0.25, 0.3) is 0 Å². The summed E-state index contributed by atoms with van der Waals surface area (Å²) in [5, 5.41) is 21.7. The lowest BCUT2D eigenvalue weighted by atomic mass is 10.0. The number of benzene rings is 1. The molecule has 162 valence electrons. The third kappa shape index (κ3) is 5.63. The van der Waals surface area contributed by atoms with Crippen LogP contribution < -0.4 is 10.1 Å². The first kappa shape index (κ1) is 22.3. The summed E-state index contributed by atoms with van der Waals surface area (Å²) in [7, 11) is 0. The second-order valence-electron chi connectivity index (χ2n) is 6.66. The number of aliphatic hydroxyl groups excluding tert-OH is 1. The number of amides is 2. The van der Waals surface area contributed by atoms with E-state index in [-0.39, 0.29) is 25.2 Å². The Morgan fingerprint density at radius 1 is 1.42 bits per heavy atom. The van der Waals surface area contributed by atoms with Gasteiger partial charge in [-0.1, -0.05) is 12.1 Å². The molecule has 0 saturated heterocycles. The molecule has 31 heavy (non-hydrogen) atoms. The normalized spacial score (nSPS) is 12.9. The smallest absolute Gasteiger partial charge is 0.410 e. The highest BCUT2D eigenvalue weighted by atomic mass is 32.1. The number of nitriles is 1. The van der Waals surface area contributed by atoms with Crippen LogP contribution in [-0.2, 0) is 22.5 Å². The fourth-order valence-electron chi connectivity index (χ4n) is 3.18. The Morgan fingerprint density at radius 3 is 3.00 bits per heavy atom. The Morgan fingerprint density at radius 2 is 2.26 bits per heavy atom. The zero-order valence-corrected chi connectivity index (χ0v) is 17.9. The molecule has 2 N–H and O–H groups in total. The zero-order valence-electron chi connectivity index (χ0n) is 17.1. The summed E-state index contributed by atoms with van der Waals surface area (Å²) in [6.07, 6.45) is 3.19. The molecule has 0 bridgehead atoms. The predicted octanol–water partition coefficient (Wildman–Crippen LogP) is 3.16. The fourth-order valence-corrected chi connectivity index (χ4v) is 4.39. The molecule has 0 aliphatic carbocycles. The van der Waals surface area contributed by atoms with Crippen LogP contribution in [0.15, 0.2) is 30.3 Å². The fraction of sp³-hybridized carbons (Fsp3) is 0.318. The Kier molecular flexibility index (Phi) is 7.65. The number of carbonyl (C=O) groups is 2. The molecule has 0 fully saturated rings. The third-order valence-corrected chi connectivity index (χ3v) is 5.71. The number of rotatable bonds is 7. The second kappa shape index (κ2) is 10.6. The monoisotopic (exact) mass is 441 g/mol. The van der Waals surface area contributed by atoms with Crippen molar-refractivity contribution in [1.29, 1.82) is 5.26 Å².